The highest BCUT2D eigenvalue weighted by atomic mass is 32.2. The third-order valence-electron chi connectivity index (χ3n) is 5.06. The highest BCUT2D eigenvalue weighted by molar-refractivity contribution is 7.92. The van der Waals surface area contributed by atoms with Gasteiger partial charge in [0.2, 0.25) is 11.8 Å². The molecule has 9 heteroatoms. The summed E-state index contributed by atoms with van der Waals surface area (Å²) in [7, 11) is -3.85. The molecule has 2 heterocycles. The van der Waals surface area contributed by atoms with Gasteiger partial charge in [-0.15, -0.1) is 0 Å². The van der Waals surface area contributed by atoms with Gasteiger partial charge >= 0.3 is 0 Å². The third kappa shape index (κ3) is 5.02. The maximum atomic E-state index is 12.9. The average molecular weight is 436 g/mol. The summed E-state index contributed by atoms with van der Waals surface area (Å²) in [6.07, 6.45) is 2.11. The number of hydrogen-bond donors (Lipinski definition) is 1. The summed E-state index contributed by atoms with van der Waals surface area (Å²) < 4.78 is 33.2. The second-order valence-electron chi connectivity index (χ2n) is 7.80. The maximum absolute atomic E-state index is 12.9. The minimum absolute atomic E-state index is 0.0253. The number of aromatic nitrogens is 1. The fraction of sp³-hybridized carbons (Fsp3) is 0.524. The van der Waals surface area contributed by atoms with Gasteiger partial charge in [-0.25, -0.2) is 8.42 Å². The van der Waals surface area contributed by atoms with Crippen molar-refractivity contribution in [2.75, 3.05) is 25.4 Å². The van der Waals surface area contributed by atoms with Crippen LogP contribution in [0.4, 0.5) is 0 Å². The number of rotatable bonds is 7. The molecule has 2 unspecified atom stereocenters. The Morgan fingerprint density at radius 3 is 2.50 bits per heavy atom. The average Bonchev–Trinajstić information content (AvgIpc) is 3.05. The van der Waals surface area contributed by atoms with Crippen LogP contribution in [-0.2, 0) is 30.7 Å². The monoisotopic (exact) mass is 435 g/mol. The minimum Gasteiger partial charge on any atom is -0.372 e. The van der Waals surface area contributed by atoms with E-state index in [4.69, 9.17) is 4.74 Å². The number of fused-ring (bicyclic) bond motifs is 1. The van der Waals surface area contributed by atoms with Crippen molar-refractivity contribution in [2.24, 2.45) is 0 Å². The number of carbonyl (C=O) groups is 2. The Labute approximate surface area is 177 Å². The number of hydrogen-bond acceptors (Lipinski definition) is 5. The Morgan fingerprint density at radius 2 is 1.83 bits per heavy atom. The van der Waals surface area contributed by atoms with Crippen molar-refractivity contribution in [2.45, 2.75) is 50.8 Å². The Bertz CT molecular complexity index is 1020. The molecule has 30 heavy (non-hydrogen) atoms. The van der Waals surface area contributed by atoms with Crippen LogP contribution in [0.2, 0.25) is 0 Å². The van der Waals surface area contributed by atoms with Gasteiger partial charge in [0.1, 0.15) is 12.3 Å². The van der Waals surface area contributed by atoms with E-state index in [0.29, 0.717) is 30.5 Å². The van der Waals surface area contributed by atoms with E-state index in [1.807, 2.05) is 20.8 Å². The molecule has 2 atom stereocenters. The number of para-hydroxylation sites is 1. The van der Waals surface area contributed by atoms with E-state index >= 15 is 0 Å². The molecule has 2 aromatic rings. The van der Waals surface area contributed by atoms with Gasteiger partial charge < -0.3 is 19.5 Å². The molecule has 1 aromatic heterocycles. The first-order chi connectivity index (χ1) is 14.2. The van der Waals surface area contributed by atoms with Gasteiger partial charge in [-0.2, -0.15) is 0 Å². The number of amides is 2. The van der Waals surface area contributed by atoms with E-state index in [2.05, 4.69) is 5.32 Å². The van der Waals surface area contributed by atoms with Crippen LogP contribution in [0.15, 0.2) is 35.4 Å². The topological polar surface area (TPSA) is 97.7 Å². The fourth-order valence-corrected chi connectivity index (χ4v) is 5.18. The first kappa shape index (κ1) is 22.3. The summed E-state index contributed by atoms with van der Waals surface area (Å²) in [5, 5.41) is 3.11. The molecule has 8 nitrogen and oxygen atoms in total. The first-order valence-corrected chi connectivity index (χ1v) is 11.9. The number of nitrogens with zero attached hydrogens (tertiary/aromatic N) is 2. The second kappa shape index (κ2) is 9.18. The van der Waals surface area contributed by atoms with E-state index in [0.717, 1.165) is 6.42 Å². The van der Waals surface area contributed by atoms with Gasteiger partial charge in [-0.05, 0) is 26.3 Å². The highest BCUT2D eigenvalue weighted by Crippen LogP contribution is 2.26. The van der Waals surface area contributed by atoms with E-state index in [9.17, 15) is 18.0 Å². The first-order valence-electron chi connectivity index (χ1n) is 10.2. The number of carbonyl (C=O) groups excluding carboxylic acids is 2. The van der Waals surface area contributed by atoms with Crippen molar-refractivity contribution >= 4 is 32.6 Å². The predicted molar refractivity (Wildman–Crippen MR) is 114 cm³/mol. The van der Waals surface area contributed by atoms with E-state index in [1.165, 1.54) is 6.20 Å². The Morgan fingerprint density at radius 1 is 1.17 bits per heavy atom. The van der Waals surface area contributed by atoms with Gasteiger partial charge in [0.25, 0.3) is 0 Å². The fourth-order valence-electron chi connectivity index (χ4n) is 3.78. The van der Waals surface area contributed by atoms with Crippen molar-refractivity contribution in [3.63, 3.8) is 0 Å². The SMILES string of the molecule is CCCNC(=O)CS(=O)(=O)c1cn(CC(=O)N2CC(C)OC(C)C2)c2ccccc12. The molecule has 0 saturated carbocycles. The molecule has 1 aliphatic rings. The van der Waals surface area contributed by atoms with Gasteiger partial charge in [-0.1, -0.05) is 25.1 Å². The van der Waals surface area contributed by atoms with Crippen LogP contribution >= 0.6 is 0 Å². The van der Waals surface area contributed by atoms with Gasteiger partial charge in [0.05, 0.1) is 17.1 Å². The Hall–Kier alpha value is -2.39. The third-order valence-corrected chi connectivity index (χ3v) is 6.70. The molecule has 1 fully saturated rings. The largest absolute Gasteiger partial charge is 0.372 e. The van der Waals surface area contributed by atoms with Crippen molar-refractivity contribution in [1.82, 2.24) is 14.8 Å². The molecule has 0 aliphatic carbocycles. The molecule has 0 radical (unpaired) electrons. The van der Waals surface area contributed by atoms with Crippen LogP contribution in [0.5, 0.6) is 0 Å². The Balaban J connectivity index is 1.87. The molecule has 2 amide bonds. The molecule has 164 valence electrons. The second-order valence-corrected chi connectivity index (χ2v) is 9.76. The number of benzene rings is 1. The number of sulfone groups is 1. The number of ether oxygens (including phenoxy) is 1. The summed E-state index contributed by atoms with van der Waals surface area (Å²) in [4.78, 5) is 26.7. The van der Waals surface area contributed by atoms with E-state index in [-0.39, 0.29) is 29.6 Å². The normalized spacial score (nSPS) is 19.8. The zero-order valence-corrected chi connectivity index (χ0v) is 18.4. The van der Waals surface area contributed by atoms with Crippen LogP contribution < -0.4 is 5.32 Å². The lowest BCUT2D eigenvalue weighted by molar-refractivity contribution is -0.143. The molecule has 1 N–H and O–H groups in total. The summed E-state index contributed by atoms with van der Waals surface area (Å²) in [6.45, 7) is 7.22. The molecule has 1 saturated heterocycles. The Kier molecular flexibility index (Phi) is 6.82. The smallest absolute Gasteiger partial charge is 0.242 e. The molecule has 1 aliphatic heterocycles. The van der Waals surface area contributed by atoms with E-state index in [1.54, 1.807) is 33.7 Å². The molecule has 1 aromatic carbocycles. The lowest BCUT2D eigenvalue weighted by Gasteiger charge is -2.35. The summed E-state index contributed by atoms with van der Waals surface area (Å²) in [5.41, 5.74) is 0.646. The molecular formula is C21H29N3O5S. The van der Waals surface area contributed by atoms with Crippen molar-refractivity contribution in [1.29, 1.82) is 0 Å². The van der Waals surface area contributed by atoms with Crippen molar-refractivity contribution in [3.8, 4) is 0 Å². The van der Waals surface area contributed by atoms with Crippen LogP contribution in [0, 0.1) is 0 Å². The van der Waals surface area contributed by atoms with Crippen LogP contribution in [0.3, 0.4) is 0 Å². The lowest BCUT2D eigenvalue weighted by atomic mass is 10.2. The highest BCUT2D eigenvalue weighted by Gasteiger charge is 2.28. The zero-order valence-electron chi connectivity index (χ0n) is 17.6. The molecular weight excluding hydrogens is 406 g/mol. The van der Waals surface area contributed by atoms with Gasteiger partial charge in [-0.3, -0.25) is 9.59 Å². The summed E-state index contributed by atoms with van der Waals surface area (Å²) >= 11 is 0. The van der Waals surface area contributed by atoms with Crippen LogP contribution in [-0.4, -0.2) is 67.3 Å². The molecule has 0 spiro atoms. The van der Waals surface area contributed by atoms with Crippen molar-refractivity contribution in [3.05, 3.63) is 30.5 Å². The van der Waals surface area contributed by atoms with Crippen LogP contribution in [0.25, 0.3) is 10.9 Å². The van der Waals surface area contributed by atoms with Crippen LogP contribution in [0.1, 0.15) is 27.2 Å². The van der Waals surface area contributed by atoms with Crippen molar-refractivity contribution < 1.29 is 22.7 Å². The summed E-state index contributed by atoms with van der Waals surface area (Å²) in [5.74, 6) is -1.24. The maximum Gasteiger partial charge on any atom is 0.242 e. The zero-order chi connectivity index (χ0) is 21.9. The van der Waals surface area contributed by atoms with Gasteiger partial charge in [0.15, 0.2) is 9.84 Å². The number of morpholine rings is 1. The minimum atomic E-state index is -3.85. The predicted octanol–water partition coefficient (Wildman–Crippen LogP) is 1.58. The summed E-state index contributed by atoms with van der Waals surface area (Å²) in [6, 6.07) is 7.03. The molecule has 0 bridgehead atoms. The van der Waals surface area contributed by atoms with E-state index < -0.39 is 21.5 Å². The molecule has 3 rings (SSSR count). The quantitative estimate of drug-likeness (QED) is 0.712. The lowest BCUT2D eigenvalue weighted by Crippen LogP contribution is -2.49. The standard InChI is InChI=1S/C21H29N3O5S/c1-4-9-22-20(25)14-30(27,28)19-12-23(18-8-6-5-7-17(18)19)13-21(26)24-10-15(2)29-16(3)11-24/h5-8,12,15-16H,4,9-11,13-14H2,1-3H3,(H,22,25). The van der Waals surface area contributed by atoms with Gasteiger partial charge in [0, 0.05) is 36.7 Å². The number of nitrogens with one attached hydrogen (secondary N) is 1.